The molecule has 1 aromatic rings. The molecular weight excluding hydrogens is 290 g/mol. The van der Waals surface area contributed by atoms with E-state index in [-0.39, 0.29) is 10.3 Å². The summed E-state index contributed by atoms with van der Waals surface area (Å²) in [7, 11) is -1.06. The Hall–Kier alpha value is -0.930. The van der Waals surface area contributed by atoms with Crippen LogP contribution in [-0.4, -0.2) is 8.96 Å². The summed E-state index contributed by atoms with van der Waals surface area (Å²) in [5, 5.41) is 0. The molecule has 3 heteroatoms. The van der Waals surface area contributed by atoms with Crippen LogP contribution in [0.25, 0.3) is 5.57 Å². The van der Waals surface area contributed by atoms with Crippen LogP contribution >= 0.6 is 0 Å². The first kappa shape index (κ1) is 17.4. The summed E-state index contributed by atoms with van der Waals surface area (Å²) in [5.41, 5.74) is 3.34. The molecular formula is C19H29NOS. The van der Waals surface area contributed by atoms with Crippen molar-refractivity contribution >= 4 is 16.6 Å². The number of allylic oxidation sites excluding steroid dienone is 1. The predicted molar refractivity (Wildman–Crippen MR) is 96.9 cm³/mol. The Labute approximate surface area is 138 Å². The highest BCUT2D eigenvalue weighted by Gasteiger charge is 2.37. The lowest BCUT2D eigenvalue weighted by atomic mass is 9.77. The first-order valence-corrected chi connectivity index (χ1v) is 9.36. The Morgan fingerprint density at radius 2 is 1.86 bits per heavy atom. The van der Waals surface area contributed by atoms with Gasteiger partial charge in [-0.25, -0.2) is 8.93 Å². The predicted octanol–water partition coefficient (Wildman–Crippen LogP) is 4.93. The molecule has 0 amide bonds. The van der Waals surface area contributed by atoms with Crippen LogP contribution < -0.4 is 4.72 Å². The molecule has 0 radical (unpaired) electrons. The summed E-state index contributed by atoms with van der Waals surface area (Å²) >= 11 is 0. The van der Waals surface area contributed by atoms with Crippen molar-refractivity contribution in [2.75, 3.05) is 0 Å². The molecule has 1 aromatic carbocycles. The van der Waals surface area contributed by atoms with Gasteiger partial charge in [0, 0.05) is 0 Å². The summed E-state index contributed by atoms with van der Waals surface area (Å²) in [4.78, 5) is 0. The van der Waals surface area contributed by atoms with Crippen molar-refractivity contribution in [1.82, 2.24) is 4.72 Å². The molecule has 0 heterocycles. The number of hydrogen-bond acceptors (Lipinski definition) is 1. The normalized spacial score (nSPS) is 19.6. The van der Waals surface area contributed by atoms with E-state index in [0.29, 0.717) is 0 Å². The molecule has 1 saturated carbocycles. The zero-order valence-electron chi connectivity index (χ0n) is 14.4. The first-order chi connectivity index (χ1) is 10.2. The molecule has 1 aliphatic rings. The van der Waals surface area contributed by atoms with E-state index in [9.17, 15) is 4.21 Å². The smallest absolute Gasteiger partial charge is 0.0978 e. The van der Waals surface area contributed by atoms with Crippen molar-refractivity contribution in [1.29, 1.82) is 0 Å². The van der Waals surface area contributed by atoms with Crippen LogP contribution in [0.3, 0.4) is 0 Å². The van der Waals surface area contributed by atoms with Gasteiger partial charge in [0.25, 0.3) is 0 Å². The molecule has 0 spiro atoms. The van der Waals surface area contributed by atoms with E-state index < -0.39 is 11.0 Å². The SMILES string of the molecule is C=C(C)c1cccc(C2(NS(=O)C(C)(C)C)CCCCC2)c1. The lowest BCUT2D eigenvalue weighted by Crippen LogP contribution is -2.49. The second kappa shape index (κ2) is 6.67. The molecule has 0 saturated heterocycles. The van der Waals surface area contributed by atoms with E-state index in [0.717, 1.165) is 18.4 Å². The second-order valence-electron chi connectivity index (χ2n) is 7.49. The van der Waals surface area contributed by atoms with E-state index in [2.05, 4.69) is 35.6 Å². The van der Waals surface area contributed by atoms with Crippen LogP contribution in [0.2, 0.25) is 0 Å². The van der Waals surface area contributed by atoms with E-state index in [4.69, 9.17) is 0 Å². The van der Waals surface area contributed by atoms with Crippen LogP contribution in [0, 0.1) is 0 Å². The summed E-state index contributed by atoms with van der Waals surface area (Å²) < 4.78 is 16.0. The highest BCUT2D eigenvalue weighted by Crippen LogP contribution is 2.39. The van der Waals surface area contributed by atoms with Gasteiger partial charge < -0.3 is 0 Å². The minimum atomic E-state index is -1.06. The van der Waals surface area contributed by atoms with Crippen LogP contribution in [0.1, 0.15) is 70.9 Å². The molecule has 1 aliphatic carbocycles. The maximum absolute atomic E-state index is 12.7. The molecule has 1 atom stereocenters. The lowest BCUT2D eigenvalue weighted by molar-refractivity contribution is 0.276. The molecule has 0 bridgehead atoms. The molecule has 2 nitrogen and oxygen atoms in total. The van der Waals surface area contributed by atoms with Gasteiger partial charge in [0.1, 0.15) is 0 Å². The number of rotatable bonds is 4. The Kier molecular flexibility index (Phi) is 5.29. The molecule has 2 rings (SSSR count). The Morgan fingerprint density at radius 3 is 2.41 bits per heavy atom. The first-order valence-electron chi connectivity index (χ1n) is 8.21. The third-order valence-corrected chi connectivity index (χ3v) is 6.15. The minimum Gasteiger partial charge on any atom is -0.242 e. The molecule has 1 N–H and O–H groups in total. The Bertz CT molecular complexity index is 565. The fourth-order valence-corrected chi connectivity index (χ4v) is 4.00. The molecule has 1 unspecified atom stereocenters. The van der Waals surface area contributed by atoms with E-state index >= 15 is 0 Å². The van der Waals surface area contributed by atoms with Gasteiger partial charge in [0.05, 0.1) is 21.3 Å². The van der Waals surface area contributed by atoms with Crippen LogP contribution in [0.4, 0.5) is 0 Å². The van der Waals surface area contributed by atoms with Crippen LogP contribution in [0.5, 0.6) is 0 Å². The number of nitrogens with one attached hydrogen (secondary N) is 1. The van der Waals surface area contributed by atoms with Gasteiger partial charge >= 0.3 is 0 Å². The van der Waals surface area contributed by atoms with Crippen molar-refractivity contribution < 1.29 is 4.21 Å². The molecule has 0 aromatic heterocycles. The van der Waals surface area contributed by atoms with Crippen molar-refractivity contribution in [3.63, 3.8) is 0 Å². The number of hydrogen-bond donors (Lipinski definition) is 1. The summed E-state index contributed by atoms with van der Waals surface area (Å²) in [6, 6.07) is 8.59. The maximum atomic E-state index is 12.7. The van der Waals surface area contributed by atoms with Gasteiger partial charge in [0.2, 0.25) is 0 Å². The molecule has 22 heavy (non-hydrogen) atoms. The Morgan fingerprint density at radius 1 is 1.23 bits per heavy atom. The lowest BCUT2D eigenvalue weighted by Gasteiger charge is -2.40. The fourth-order valence-electron chi connectivity index (χ4n) is 3.02. The monoisotopic (exact) mass is 319 g/mol. The van der Waals surface area contributed by atoms with E-state index in [1.165, 1.54) is 30.4 Å². The second-order valence-corrected chi connectivity index (χ2v) is 9.45. The third-order valence-electron chi connectivity index (χ3n) is 4.46. The Balaban J connectivity index is 2.39. The van der Waals surface area contributed by atoms with Crippen molar-refractivity contribution in [3.05, 3.63) is 42.0 Å². The summed E-state index contributed by atoms with van der Waals surface area (Å²) in [5.74, 6) is 0. The van der Waals surface area contributed by atoms with Gasteiger partial charge in [-0.1, -0.05) is 49.6 Å². The third kappa shape index (κ3) is 3.88. The standard InChI is InChI=1S/C19H29NOS/c1-15(2)16-10-9-11-17(14-16)19(12-7-6-8-13-19)20-22(21)18(3,4)5/h9-11,14,20H,1,6-8,12-13H2,2-5H3. The van der Waals surface area contributed by atoms with Gasteiger partial charge in [-0.15, -0.1) is 0 Å². The molecule has 122 valence electrons. The fraction of sp³-hybridized carbons (Fsp3) is 0.579. The van der Waals surface area contributed by atoms with E-state index in [1.54, 1.807) is 0 Å². The largest absolute Gasteiger partial charge is 0.242 e. The minimum absolute atomic E-state index is 0.165. The average molecular weight is 320 g/mol. The zero-order chi connectivity index (χ0) is 16.4. The maximum Gasteiger partial charge on any atom is 0.0978 e. The van der Waals surface area contributed by atoms with Crippen molar-refractivity contribution in [2.45, 2.75) is 70.1 Å². The quantitative estimate of drug-likeness (QED) is 0.837. The van der Waals surface area contributed by atoms with Gasteiger partial charge in [-0.2, -0.15) is 0 Å². The van der Waals surface area contributed by atoms with Crippen LogP contribution in [-0.2, 0) is 16.5 Å². The average Bonchev–Trinajstić information content (AvgIpc) is 2.47. The zero-order valence-corrected chi connectivity index (χ0v) is 15.2. The molecule has 0 aliphatic heterocycles. The van der Waals surface area contributed by atoms with Crippen molar-refractivity contribution in [2.24, 2.45) is 0 Å². The van der Waals surface area contributed by atoms with Gasteiger partial charge in [0.15, 0.2) is 0 Å². The van der Waals surface area contributed by atoms with Crippen molar-refractivity contribution in [3.8, 4) is 0 Å². The topological polar surface area (TPSA) is 29.1 Å². The highest BCUT2D eigenvalue weighted by atomic mass is 32.2. The van der Waals surface area contributed by atoms with Gasteiger partial charge in [-0.3, -0.25) is 0 Å². The number of benzene rings is 1. The van der Waals surface area contributed by atoms with Gasteiger partial charge in [-0.05, 0) is 57.7 Å². The van der Waals surface area contributed by atoms with E-state index in [1.807, 2.05) is 27.7 Å². The molecule has 1 fully saturated rings. The summed E-state index contributed by atoms with van der Waals surface area (Å²) in [6.45, 7) is 12.2. The van der Waals surface area contributed by atoms with Crippen LogP contribution in [0.15, 0.2) is 30.8 Å². The highest BCUT2D eigenvalue weighted by molar-refractivity contribution is 7.84. The summed E-state index contributed by atoms with van der Waals surface area (Å²) in [6.07, 6.45) is 5.74.